The van der Waals surface area contributed by atoms with Gasteiger partial charge in [0.2, 0.25) is 70.9 Å². The number of benzene rings is 1. The van der Waals surface area contributed by atoms with Crippen LogP contribution in [0.2, 0.25) is 0 Å². The Morgan fingerprint density at radius 1 is 0.526 bits per heavy atom. The molecule has 116 heavy (non-hydrogen) atoms. The van der Waals surface area contributed by atoms with E-state index in [2.05, 4.69) is 69.1 Å². The molecule has 0 radical (unpaired) electrons. The van der Waals surface area contributed by atoms with E-state index in [9.17, 15) is 57.8 Å². The van der Waals surface area contributed by atoms with Crippen LogP contribution < -0.4 is 74.9 Å². The highest BCUT2D eigenvalue weighted by atomic mass is 16.6. The number of rotatable bonds is 48. The smallest absolute Gasteiger partial charge is 0.407 e. The monoisotopic (exact) mass is 1640 g/mol. The lowest BCUT2D eigenvalue weighted by atomic mass is 9.95. The number of nitrogens with two attached hydrogens (primary N) is 1. The van der Waals surface area contributed by atoms with Crippen LogP contribution in [0, 0.1) is 47.3 Å². The molecule has 0 saturated carbocycles. The van der Waals surface area contributed by atoms with E-state index in [1.54, 1.807) is 176 Å². The van der Waals surface area contributed by atoms with Gasteiger partial charge in [-0.05, 0) is 140 Å². The lowest BCUT2D eigenvalue weighted by Crippen LogP contribution is -2.64. The number of hydrogen-bond donors (Lipinski definition) is 15. The van der Waals surface area contributed by atoms with Crippen LogP contribution in [0.1, 0.15) is 230 Å². The number of allylic oxidation sites excluding steroid dienone is 1. The predicted octanol–water partition coefficient (Wildman–Crippen LogP) is 4.32. The molecule has 0 spiro atoms. The molecule has 1 fully saturated rings. The zero-order chi connectivity index (χ0) is 88.6. The molecule has 656 valence electrons. The highest BCUT2D eigenvalue weighted by molar-refractivity contribution is 6.02. The normalized spacial score (nSPS) is 17.2. The molecule has 0 bridgehead atoms. The van der Waals surface area contributed by atoms with Crippen LogP contribution in [-0.2, 0) is 83.0 Å². The van der Waals surface area contributed by atoms with E-state index >= 15 is 19.2 Å². The van der Waals surface area contributed by atoms with Crippen LogP contribution in [0.5, 0.6) is 0 Å². The van der Waals surface area contributed by atoms with Gasteiger partial charge in [-0.3, -0.25) is 62.3 Å². The second kappa shape index (κ2) is 49.1. The van der Waals surface area contributed by atoms with Crippen molar-refractivity contribution in [3.63, 3.8) is 0 Å². The van der Waals surface area contributed by atoms with Gasteiger partial charge >= 0.3 is 12.1 Å². The van der Waals surface area contributed by atoms with Crippen molar-refractivity contribution in [3.05, 3.63) is 47.7 Å². The number of carbonyl (C=O) groups is 15. The van der Waals surface area contributed by atoms with Crippen molar-refractivity contribution in [2.45, 2.75) is 320 Å². The molecule has 1 heterocycles. The average molecular weight is 1640 g/mol. The number of amides is 14. The van der Waals surface area contributed by atoms with E-state index < -0.39 is 221 Å². The molecule has 1 aliphatic rings. The Bertz CT molecular complexity index is 3480. The van der Waals surface area contributed by atoms with Gasteiger partial charge in [-0.1, -0.05) is 166 Å². The Hall–Kier alpha value is -9.27. The van der Waals surface area contributed by atoms with Crippen molar-refractivity contribution in [1.82, 2.24) is 74.0 Å². The zero-order valence-corrected chi connectivity index (χ0v) is 73.2. The molecule has 1 saturated heterocycles. The quantitative estimate of drug-likeness (QED) is 0.0319. The number of carbonyl (C=O) groups excluding carboxylic acids is 14. The van der Waals surface area contributed by atoms with Gasteiger partial charge in [0, 0.05) is 32.5 Å². The summed E-state index contributed by atoms with van der Waals surface area (Å²) in [6, 6.07) is -7.36. The minimum absolute atomic E-state index is 0.0290. The summed E-state index contributed by atoms with van der Waals surface area (Å²) in [4.78, 5) is 213. The lowest BCUT2D eigenvalue weighted by molar-refractivity contribution is -0.144. The van der Waals surface area contributed by atoms with Gasteiger partial charge in [-0.15, -0.1) is 0 Å². The number of hydrogen-bond acceptors (Lipinski definition) is 18. The fraction of sp³-hybridized carbons (Fsp3) is 0.723. The summed E-state index contributed by atoms with van der Waals surface area (Å²) >= 11 is 0. The standard InChI is InChI=1S/C83H141N15O18/c1-25-49(15)38-39-59(99)91-61(45(7)8)74(106)97-67(52(18)115-82(19,20)21)78(110)92-62(46(9)10)75(107)93-63(47(11)12)79(111)98-41-33-37-58(98)72(104)88-55(36-32-40-85-81(114)116-83(22,23)24)70(102)95-65(50(16)26-2)76(108)90-57(71(103)96-66(51(17)27-3)77(109)94-64(48(13)14)80(112)113)43-86-60(44(5)6)73(105)87-54(28-4)69(101)89-56(68(84)100)42-53-34-30-29-31-35-53/h28-31,34-35,44-52,55-58,60-67,86H,25-27,32-33,36-43H2,1-24H3,(H2,84,100)(H,85,114)(H,87,105)(H,88,104)(H,89,101)(H,90,108)(H,91,99)(H,92,110)(H,93,107)(H,94,109)(H,95,102)(H,96,103)(H,97,106)(H,112,113)/b54-28-/t49-,50-,51-,52+,55-,56-,57+,58+,60-,61+,62-,63+,64-,65+,66+,67-/m0/s1. The van der Waals surface area contributed by atoms with Crippen molar-refractivity contribution < 1.29 is 86.5 Å². The number of alkyl carbamates (subject to hydrolysis) is 1. The molecule has 1 aromatic rings. The average Bonchev–Trinajstić information content (AvgIpc) is 1.64. The lowest BCUT2D eigenvalue weighted by Gasteiger charge is -2.34. The van der Waals surface area contributed by atoms with Crippen LogP contribution in [0.25, 0.3) is 0 Å². The summed E-state index contributed by atoms with van der Waals surface area (Å²) < 4.78 is 11.6. The largest absolute Gasteiger partial charge is 0.480 e. The van der Waals surface area contributed by atoms with E-state index in [-0.39, 0.29) is 69.1 Å². The summed E-state index contributed by atoms with van der Waals surface area (Å²) in [7, 11) is 0. The molecule has 0 aromatic heterocycles. The minimum Gasteiger partial charge on any atom is -0.480 e. The Labute approximate surface area is 687 Å². The first-order valence-electron chi connectivity index (χ1n) is 41.2. The number of carboxylic acid groups (broad SMARTS) is 1. The summed E-state index contributed by atoms with van der Waals surface area (Å²) in [6.45, 7) is 40.4. The van der Waals surface area contributed by atoms with E-state index in [4.69, 9.17) is 15.2 Å². The maximum Gasteiger partial charge on any atom is 0.407 e. The number of nitrogens with zero attached hydrogens (tertiary/aromatic N) is 1. The van der Waals surface area contributed by atoms with Gasteiger partial charge in [-0.2, -0.15) is 0 Å². The minimum atomic E-state index is -1.70. The fourth-order valence-corrected chi connectivity index (χ4v) is 12.8. The highest BCUT2D eigenvalue weighted by Gasteiger charge is 2.44. The van der Waals surface area contributed by atoms with Crippen LogP contribution in [0.15, 0.2) is 42.1 Å². The molecular weight excluding hydrogens is 1490 g/mol. The summed E-state index contributed by atoms with van der Waals surface area (Å²) in [5.41, 5.74) is 4.46. The van der Waals surface area contributed by atoms with Crippen molar-refractivity contribution in [2.24, 2.45) is 53.1 Å². The highest BCUT2D eigenvalue weighted by Crippen LogP contribution is 2.24. The third-order valence-corrected chi connectivity index (χ3v) is 20.4. The van der Waals surface area contributed by atoms with Crippen LogP contribution in [0.4, 0.5) is 4.79 Å². The SMILES string of the molecule is C/C=C(\NC(=O)[C@@H](NC[C@@H](NC(=O)[C@H](NC(=O)[C@H](CCCNC(=O)OC(C)(C)C)NC(=O)[C@H]1CCCN1C(=O)[C@H](NC(=O)[C@@H](NC(=O)[C@@H](NC(=O)[C@H](NC(=O)CC[C@@H](C)CC)C(C)C)[C@@H](C)OC(C)(C)C)C(C)C)C(C)C)[C@@H](C)CC)C(=O)N[C@@H](C(=O)N[C@H](C(=O)O)C(C)C)[C@@H](C)CC)C(C)C)C(=O)N[C@@H](Cc1ccccc1)C(N)=O. The van der Waals surface area contributed by atoms with E-state index in [0.29, 0.717) is 24.8 Å². The fourth-order valence-electron chi connectivity index (χ4n) is 12.8. The third-order valence-electron chi connectivity index (χ3n) is 20.4. The molecule has 1 aromatic carbocycles. The molecule has 16 atom stereocenters. The molecule has 0 aliphatic carbocycles. The van der Waals surface area contributed by atoms with Crippen molar-refractivity contribution in [3.8, 4) is 0 Å². The molecule has 2 rings (SSSR count). The van der Waals surface area contributed by atoms with Gasteiger partial charge in [0.1, 0.15) is 77.8 Å². The number of nitrogens with one attached hydrogen (secondary N) is 13. The topological polar surface area (TPSA) is 480 Å². The van der Waals surface area contributed by atoms with Gasteiger partial charge in [-0.25, -0.2) is 9.59 Å². The maximum atomic E-state index is 15.2. The molecule has 0 unspecified atom stereocenters. The second-order valence-corrected chi connectivity index (χ2v) is 34.4. The van der Waals surface area contributed by atoms with Gasteiger partial charge in [0.25, 0.3) is 5.91 Å². The van der Waals surface area contributed by atoms with Crippen LogP contribution >= 0.6 is 0 Å². The third kappa shape index (κ3) is 34.9. The Morgan fingerprint density at radius 3 is 1.48 bits per heavy atom. The molecule has 33 nitrogen and oxygen atoms in total. The van der Waals surface area contributed by atoms with E-state index in [1.807, 2.05) is 13.8 Å². The van der Waals surface area contributed by atoms with Crippen molar-refractivity contribution >= 4 is 88.9 Å². The molecule has 14 amide bonds. The van der Waals surface area contributed by atoms with E-state index in [1.165, 1.54) is 17.9 Å². The summed E-state index contributed by atoms with van der Waals surface area (Å²) in [5.74, 6) is -15.4. The molecule has 16 N–H and O–H groups in total. The first kappa shape index (κ1) is 103. The van der Waals surface area contributed by atoms with Crippen molar-refractivity contribution in [2.75, 3.05) is 19.6 Å². The maximum absolute atomic E-state index is 15.2. The molecule has 33 heteroatoms. The number of likely N-dealkylation sites (tertiary alicyclic amines) is 1. The van der Waals surface area contributed by atoms with Gasteiger partial charge in [0.05, 0.1) is 17.7 Å². The predicted molar refractivity (Wildman–Crippen MR) is 440 cm³/mol. The summed E-state index contributed by atoms with van der Waals surface area (Å²) in [5, 5.41) is 45.7. The Morgan fingerprint density at radius 2 is 1.00 bits per heavy atom. The number of carboxylic acids is 1. The van der Waals surface area contributed by atoms with E-state index in [0.717, 1.165) is 6.42 Å². The van der Waals surface area contributed by atoms with Crippen LogP contribution in [-0.4, -0.2) is 208 Å². The number of primary amides is 1. The zero-order valence-electron chi connectivity index (χ0n) is 73.2. The van der Waals surface area contributed by atoms with Crippen LogP contribution in [0.3, 0.4) is 0 Å². The molecule has 1 aliphatic heterocycles. The Kier molecular flexibility index (Phi) is 43.5. The van der Waals surface area contributed by atoms with Gasteiger partial charge in [0.15, 0.2) is 0 Å². The number of aliphatic carboxylic acids is 1. The molecular formula is C83H141N15O18. The van der Waals surface area contributed by atoms with Gasteiger partial charge < -0.3 is 94.3 Å². The second-order valence-electron chi connectivity index (χ2n) is 34.4. The Balaban J connectivity index is 2.73. The number of ether oxygens (including phenoxy) is 2. The van der Waals surface area contributed by atoms with Crippen molar-refractivity contribution in [1.29, 1.82) is 0 Å². The first-order chi connectivity index (χ1) is 53.9. The summed E-state index contributed by atoms with van der Waals surface area (Å²) in [6.07, 6.45) is 2.05. The first-order valence-corrected chi connectivity index (χ1v) is 41.2.